The standard InChI is InChI=1S/C18H24N2O2/c1-14(20-10-6-7-11-20)12-17(21)18-13-16(19(2)22-18)15-8-4-3-5-9-15/h3-5,8-9,13-14,18H,6-7,10-12H2,1-2H3. The van der Waals surface area contributed by atoms with Gasteiger partial charge in [-0.2, -0.15) is 0 Å². The highest BCUT2D eigenvalue weighted by Crippen LogP contribution is 2.27. The predicted molar refractivity (Wildman–Crippen MR) is 86.9 cm³/mol. The Bertz CT molecular complexity index is 549. The molecule has 22 heavy (non-hydrogen) atoms. The molecule has 0 aliphatic carbocycles. The van der Waals surface area contributed by atoms with Gasteiger partial charge >= 0.3 is 0 Å². The molecule has 0 spiro atoms. The maximum Gasteiger partial charge on any atom is 0.169 e. The van der Waals surface area contributed by atoms with Crippen molar-refractivity contribution < 1.29 is 9.63 Å². The molecular formula is C18H24N2O2. The maximum absolute atomic E-state index is 12.5. The molecule has 0 N–H and O–H groups in total. The van der Waals surface area contributed by atoms with Crippen LogP contribution in [0.2, 0.25) is 0 Å². The molecule has 3 rings (SSSR count). The zero-order valence-electron chi connectivity index (χ0n) is 13.4. The van der Waals surface area contributed by atoms with Crippen molar-refractivity contribution >= 4 is 11.5 Å². The average Bonchev–Trinajstić information content (AvgIpc) is 3.17. The number of benzene rings is 1. The first-order valence-corrected chi connectivity index (χ1v) is 8.09. The lowest BCUT2D eigenvalue weighted by Gasteiger charge is -2.24. The van der Waals surface area contributed by atoms with Crippen molar-refractivity contribution in [3.05, 3.63) is 42.0 Å². The highest BCUT2D eigenvalue weighted by Gasteiger charge is 2.30. The molecule has 1 aromatic carbocycles. The van der Waals surface area contributed by atoms with Crippen molar-refractivity contribution in [1.82, 2.24) is 9.96 Å². The minimum Gasteiger partial charge on any atom is -0.300 e. The van der Waals surface area contributed by atoms with Crippen LogP contribution in [0.5, 0.6) is 0 Å². The molecule has 4 heteroatoms. The smallest absolute Gasteiger partial charge is 0.169 e. The lowest BCUT2D eigenvalue weighted by atomic mass is 10.0. The van der Waals surface area contributed by atoms with Gasteiger partial charge in [-0.15, -0.1) is 0 Å². The highest BCUT2D eigenvalue weighted by molar-refractivity contribution is 5.88. The molecule has 1 saturated heterocycles. The molecule has 2 atom stereocenters. The molecule has 4 nitrogen and oxygen atoms in total. The van der Waals surface area contributed by atoms with Crippen LogP contribution in [0.25, 0.3) is 5.70 Å². The summed E-state index contributed by atoms with van der Waals surface area (Å²) >= 11 is 0. The van der Waals surface area contributed by atoms with Gasteiger partial charge in [-0.1, -0.05) is 30.3 Å². The fourth-order valence-electron chi connectivity index (χ4n) is 3.26. The van der Waals surface area contributed by atoms with Gasteiger partial charge in [0.2, 0.25) is 0 Å². The molecule has 1 aromatic rings. The van der Waals surface area contributed by atoms with E-state index in [-0.39, 0.29) is 5.78 Å². The Morgan fingerprint density at radius 3 is 2.64 bits per heavy atom. The number of hydrogen-bond donors (Lipinski definition) is 0. The van der Waals surface area contributed by atoms with E-state index in [0.29, 0.717) is 12.5 Å². The molecule has 118 valence electrons. The van der Waals surface area contributed by atoms with E-state index in [1.165, 1.54) is 12.8 Å². The lowest BCUT2D eigenvalue weighted by Crippen LogP contribution is -2.35. The van der Waals surface area contributed by atoms with E-state index in [4.69, 9.17) is 4.84 Å². The number of hydroxylamine groups is 2. The third kappa shape index (κ3) is 3.23. The van der Waals surface area contributed by atoms with Gasteiger partial charge in [0.05, 0.1) is 5.70 Å². The zero-order chi connectivity index (χ0) is 15.5. The Morgan fingerprint density at radius 2 is 1.95 bits per heavy atom. The Morgan fingerprint density at radius 1 is 1.27 bits per heavy atom. The van der Waals surface area contributed by atoms with E-state index < -0.39 is 6.10 Å². The average molecular weight is 300 g/mol. The summed E-state index contributed by atoms with van der Waals surface area (Å²) in [5, 5.41) is 1.71. The third-order valence-electron chi connectivity index (χ3n) is 4.57. The lowest BCUT2D eigenvalue weighted by molar-refractivity contribution is -0.147. The number of likely N-dealkylation sites (tertiary alicyclic amines) is 1. The van der Waals surface area contributed by atoms with E-state index in [1.807, 2.05) is 43.5 Å². The largest absolute Gasteiger partial charge is 0.300 e. The Balaban J connectivity index is 1.65. The second-order valence-electron chi connectivity index (χ2n) is 6.20. The molecule has 2 aliphatic heterocycles. The van der Waals surface area contributed by atoms with Crippen molar-refractivity contribution in [3.63, 3.8) is 0 Å². The van der Waals surface area contributed by atoms with E-state index in [2.05, 4.69) is 11.8 Å². The first kappa shape index (κ1) is 15.3. The van der Waals surface area contributed by atoms with Crippen molar-refractivity contribution in [2.45, 2.75) is 38.3 Å². The van der Waals surface area contributed by atoms with Crippen molar-refractivity contribution in [2.24, 2.45) is 0 Å². The molecule has 0 aromatic heterocycles. The monoisotopic (exact) mass is 300 g/mol. The molecule has 2 unspecified atom stereocenters. The van der Waals surface area contributed by atoms with Gasteiger partial charge < -0.3 is 4.90 Å². The van der Waals surface area contributed by atoms with Gasteiger partial charge in [-0.25, -0.2) is 0 Å². The van der Waals surface area contributed by atoms with Gasteiger partial charge in [-0.05, 0) is 44.5 Å². The van der Waals surface area contributed by atoms with Gasteiger partial charge in [0.25, 0.3) is 0 Å². The quantitative estimate of drug-likeness (QED) is 0.837. The van der Waals surface area contributed by atoms with Crippen molar-refractivity contribution in [1.29, 1.82) is 0 Å². The molecular weight excluding hydrogens is 276 g/mol. The zero-order valence-corrected chi connectivity index (χ0v) is 13.4. The summed E-state index contributed by atoms with van der Waals surface area (Å²) in [6.45, 7) is 4.37. The second kappa shape index (κ2) is 6.63. The summed E-state index contributed by atoms with van der Waals surface area (Å²) in [6, 6.07) is 10.3. The summed E-state index contributed by atoms with van der Waals surface area (Å²) < 4.78 is 0. The van der Waals surface area contributed by atoms with Crippen LogP contribution < -0.4 is 0 Å². The van der Waals surface area contributed by atoms with Crippen LogP contribution in [0.3, 0.4) is 0 Å². The molecule has 2 heterocycles. The number of Topliss-reactive ketones (excluding diaryl/α,β-unsaturated/α-hetero) is 1. The topological polar surface area (TPSA) is 32.8 Å². The Hall–Kier alpha value is -1.65. The molecule has 0 saturated carbocycles. The molecule has 1 fully saturated rings. The first-order chi connectivity index (χ1) is 10.6. The highest BCUT2D eigenvalue weighted by atomic mass is 16.7. The van der Waals surface area contributed by atoms with Gasteiger partial charge in [0, 0.05) is 19.5 Å². The van der Waals surface area contributed by atoms with Gasteiger partial charge in [0.15, 0.2) is 11.9 Å². The fraction of sp³-hybridized carbons (Fsp3) is 0.500. The van der Waals surface area contributed by atoms with Crippen LogP contribution in [0, 0.1) is 0 Å². The number of nitrogens with zero attached hydrogens (tertiary/aromatic N) is 2. The minimum atomic E-state index is -0.453. The summed E-state index contributed by atoms with van der Waals surface area (Å²) in [4.78, 5) is 20.6. The number of carbonyl (C=O) groups is 1. The first-order valence-electron chi connectivity index (χ1n) is 8.09. The van der Waals surface area contributed by atoms with E-state index in [1.54, 1.807) is 5.06 Å². The summed E-state index contributed by atoms with van der Waals surface area (Å²) in [6.07, 6.45) is 4.54. The van der Waals surface area contributed by atoms with E-state index in [9.17, 15) is 4.79 Å². The predicted octanol–water partition coefficient (Wildman–Crippen LogP) is 2.72. The van der Waals surface area contributed by atoms with Crippen LogP contribution >= 0.6 is 0 Å². The van der Waals surface area contributed by atoms with E-state index in [0.717, 1.165) is 24.4 Å². The second-order valence-corrected chi connectivity index (χ2v) is 6.20. The molecule has 2 aliphatic rings. The molecule has 0 amide bonds. The molecule has 0 bridgehead atoms. The van der Waals surface area contributed by atoms with Gasteiger partial charge in [0.1, 0.15) is 0 Å². The van der Waals surface area contributed by atoms with Gasteiger partial charge in [-0.3, -0.25) is 14.7 Å². The fourth-order valence-corrected chi connectivity index (χ4v) is 3.26. The molecule has 0 radical (unpaired) electrons. The van der Waals surface area contributed by atoms with Crippen LogP contribution in [0.4, 0.5) is 0 Å². The van der Waals surface area contributed by atoms with Crippen molar-refractivity contribution in [2.75, 3.05) is 20.1 Å². The number of carbonyl (C=O) groups excluding carboxylic acids is 1. The normalized spacial score (nSPS) is 23.6. The SMILES string of the molecule is CC(CC(=O)C1C=C(c2ccccc2)N(C)O1)N1CCCC1. The van der Waals surface area contributed by atoms with Crippen LogP contribution in [-0.4, -0.2) is 48.0 Å². The third-order valence-corrected chi connectivity index (χ3v) is 4.57. The van der Waals surface area contributed by atoms with E-state index >= 15 is 0 Å². The number of rotatable bonds is 5. The maximum atomic E-state index is 12.5. The summed E-state index contributed by atoms with van der Waals surface area (Å²) in [5.41, 5.74) is 2.04. The van der Waals surface area contributed by atoms with Crippen LogP contribution in [0.15, 0.2) is 36.4 Å². The Kier molecular flexibility index (Phi) is 4.60. The summed E-state index contributed by atoms with van der Waals surface area (Å²) in [5.74, 6) is 0.164. The van der Waals surface area contributed by atoms with Crippen LogP contribution in [-0.2, 0) is 9.63 Å². The number of ketones is 1. The summed E-state index contributed by atoms with van der Waals surface area (Å²) in [7, 11) is 1.86. The Labute approximate surface area is 132 Å². The van der Waals surface area contributed by atoms with Crippen LogP contribution in [0.1, 0.15) is 31.7 Å². The number of hydrogen-bond acceptors (Lipinski definition) is 4. The minimum absolute atomic E-state index is 0.164. The van der Waals surface area contributed by atoms with Crippen molar-refractivity contribution in [3.8, 4) is 0 Å².